The summed E-state index contributed by atoms with van der Waals surface area (Å²) < 4.78 is 5.22. The molecule has 0 N–H and O–H groups in total. The van der Waals surface area contributed by atoms with Crippen molar-refractivity contribution in [2.24, 2.45) is 0 Å². The zero-order chi connectivity index (χ0) is 8.85. The van der Waals surface area contributed by atoms with Crippen molar-refractivity contribution >= 4 is 0 Å². The molecule has 1 heteroatoms. The second kappa shape index (κ2) is 5.00. The van der Waals surface area contributed by atoms with Gasteiger partial charge in [0.25, 0.3) is 0 Å². The van der Waals surface area contributed by atoms with Crippen molar-refractivity contribution in [2.75, 3.05) is 7.11 Å². The lowest BCUT2D eigenvalue weighted by Gasteiger charge is -2.10. The van der Waals surface area contributed by atoms with E-state index in [9.17, 15) is 0 Å². The summed E-state index contributed by atoms with van der Waals surface area (Å²) in [5.74, 6) is 1.01. The second-order valence-electron chi connectivity index (χ2n) is 2.69. The van der Waals surface area contributed by atoms with Crippen molar-refractivity contribution in [3.05, 3.63) is 23.0 Å². The molecule has 0 saturated carbocycles. The van der Waals surface area contributed by atoms with Gasteiger partial charge in [0.15, 0.2) is 0 Å². The summed E-state index contributed by atoms with van der Waals surface area (Å²) in [6, 6.07) is 0. The number of methoxy groups -OCH3 is 1. The Balaban J connectivity index is 4.64. The van der Waals surface area contributed by atoms with Crippen LogP contribution >= 0.6 is 0 Å². The third-order valence-corrected chi connectivity index (χ3v) is 1.74. The van der Waals surface area contributed by atoms with Crippen LogP contribution in [-0.4, -0.2) is 7.11 Å². The first-order valence-electron chi connectivity index (χ1n) is 4.04. The molecule has 0 amide bonds. The molecule has 0 aliphatic rings. The van der Waals surface area contributed by atoms with Gasteiger partial charge in [0, 0.05) is 0 Å². The first-order valence-corrected chi connectivity index (χ1v) is 4.04. The normalized spacial score (nSPS) is 11.2. The number of hydrogen-bond acceptors (Lipinski definition) is 1. The van der Waals surface area contributed by atoms with Crippen molar-refractivity contribution in [1.82, 2.24) is 0 Å². The Bertz CT molecular complexity index is 171. The van der Waals surface area contributed by atoms with Crippen LogP contribution in [0.25, 0.3) is 0 Å². The molecule has 0 aliphatic carbocycles. The van der Waals surface area contributed by atoms with Crippen molar-refractivity contribution in [1.29, 1.82) is 0 Å². The summed E-state index contributed by atoms with van der Waals surface area (Å²) in [4.78, 5) is 0. The molecule has 0 aromatic carbocycles. The molecule has 0 rings (SSSR count). The van der Waals surface area contributed by atoms with Gasteiger partial charge >= 0.3 is 0 Å². The first-order chi connectivity index (χ1) is 5.17. The van der Waals surface area contributed by atoms with E-state index in [-0.39, 0.29) is 0 Å². The largest absolute Gasteiger partial charge is 0.497 e. The van der Waals surface area contributed by atoms with Gasteiger partial charge in [-0.05, 0) is 38.8 Å². The highest BCUT2D eigenvalue weighted by Gasteiger charge is 2.02. The average molecular weight is 154 g/mol. The van der Waals surface area contributed by atoms with E-state index in [0.29, 0.717) is 0 Å². The highest BCUT2D eigenvalue weighted by atomic mass is 16.5. The molecule has 11 heavy (non-hydrogen) atoms. The highest BCUT2D eigenvalue weighted by Crippen LogP contribution is 2.18. The van der Waals surface area contributed by atoms with Gasteiger partial charge in [0.1, 0.15) is 5.76 Å². The first kappa shape index (κ1) is 10.3. The van der Waals surface area contributed by atoms with Crippen molar-refractivity contribution in [3.63, 3.8) is 0 Å². The fourth-order valence-electron chi connectivity index (χ4n) is 1.19. The summed E-state index contributed by atoms with van der Waals surface area (Å²) >= 11 is 0. The monoisotopic (exact) mass is 154 g/mol. The molecular weight excluding hydrogens is 136 g/mol. The molecule has 0 aliphatic heterocycles. The van der Waals surface area contributed by atoms with Gasteiger partial charge in [-0.3, -0.25) is 0 Å². The fraction of sp³-hybridized carbons (Fsp3) is 0.600. The van der Waals surface area contributed by atoms with E-state index in [1.807, 2.05) is 13.0 Å². The summed E-state index contributed by atoms with van der Waals surface area (Å²) in [6.45, 7) is 8.37. The Morgan fingerprint density at radius 2 is 1.91 bits per heavy atom. The molecule has 0 aromatic heterocycles. The van der Waals surface area contributed by atoms with Crippen LogP contribution in [0.2, 0.25) is 0 Å². The maximum absolute atomic E-state index is 5.22. The second-order valence-corrected chi connectivity index (χ2v) is 2.69. The number of ether oxygens (including phenoxy) is 1. The van der Waals surface area contributed by atoms with Gasteiger partial charge in [0.2, 0.25) is 0 Å². The average Bonchev–Trinajstić information content (AvgIpc) is 1.99. The third kappa shape index (κ3) is 2.79. The Morgan fingerprint density at radius 3 is 2.00 bits per heavy atom. The Labute approximate surface area is 69.8 Å². The van der Waals surface area contributed by atoms with Gasteiger partial charge in [-0.1, -0.05) is 12.5 Å². The Morgan fingerprint density at radius 1 is 1.36 bits per heavy atom. The number of hydrogen-bond donors (Lipinski definition) is 0. The molecule has 0 fully saturated rings. The minimum absolute atomic E-state index is 1.01. The molecule has 1 nitrogen and oxygen atoms in total. The summed E-state index contributed by atoms with van der Waals surface area (Å²) in [5.41, 5.74) is 2.65. The van der Waals surface area contributed by atoms with Crippen LogP contribution in [0.15, 0.2) is 23.0 Å². The molecule has 0 aromatic rings. The molecule has 0 bridgehead atoms. The van der Waals surface area contributed by atoms with E-state index in [0.717, 1.165) is 12.2 Å². The van der Waals surface area contributed by atoms with Crippen LogP contribution in [0.1, 0.15) is 34.1 Å². The van der Waals surface area contributed by atoms with E-state index < -0.39 is 0 Å². The molecule has 0 saturated heterocycles. The van der Waals surface area contributed by atoms with Crippen LogP contribution in [-0.2, 0) is 4.74 Å². The predicted octanol–water partition coefficient (Wildman–Crippen LogP) is 3.28. The maximum atomic E-state index is 5.22. The third-order valence-electron chi connectivity index (χ3n) is 1.74. The van der Waals surface area contributed by atoms with Gasteiger partial charge in [0.05, 0.1) is 7.11 Å². The maximum Gasteiger partial charge on any atom is 0.117 e. The summed E-state index contributed by atoms with van der Waals surface area (Å²) in [5, 5.41) is 0. The van der Waals surface area contributed by atoms with E-state index in [2.05, 4.69) is 20.8 Å². The smallest absolute Gasteiger partial charge is 0.117 e. The number of rotatable bonds is 3. The van der Waals surface area contributed by atoms with Gasteiger partial charge in [-0.15, -0.1) is 0 Å². The molecule has 0 radical (unpaired) electrons. The van der Waals surface area contributed by atoms with Crippen LogP contribution in [0.4, 0.5) is 0 Å². The van der Waals surface area contributed by atoms with E-state index in [1.165, 1.54) is 11.1 Å². The summed E-state index contributed by atoms with van der Waals surface area (Å²) in [6.07, 6.45) is 3.04. The molecule has 0 unspecified atom stereocenters. The van der Waals surface area contributed by atoms with Crippen LogP contribution in [0.3, 0.4) is 0 Å². The molecule has 0 spiro atoms. The van der Waals surface area contributed by atoms with Gasteiger partial charge in [-0.25, -0.2) is 0 Å². The van der Waals surface area contributed by atoms with E-state index in [1.54, 1.807) is 7.11 Å². The van der Waals surface area contributed by atoms with Crippen LogP contribution in [0, 0.1) is 0 Å². The zero-order valence-corrected chi connectivity index (χ0v) is 8.19. The van der Waals surface area contributed by atoms with E-state index in [4.69, 9.17) is 4.74 Å². The standard InChI is InChI=1S/C10H18O/c1-6-9(8(3)4)10(7-2)11-5/h7H,6H2,1-5H3/b10-7+. The minimum atomic E-state index is 1.01. The Kier molecular flexibility index (Phi) is 4.67. The topological polar surface area (TPSA) is 9.23 Å². The lowest BCUT2D eigenvalue weighted by atomic mass is 10.1. The zero-order valence-electron chi connectivity index (χ0n) is 8.19. The van der Waals surface area contributed by atoms with Crippen molar-refractivity contribution < 1.29 is 4.74 Å². The van der Waals surface area contributed by atoms with Crippen LogP contribution in [0.5, 0.6) is 0 Å². The SMILES string of the molecule is C/C=C(/OC)C(CC)=C(C)C. The molecule has 0 atom stereocenters. The lowest BCUT2D eigenvalue weighted by Crippen LogP contribution is -1.93. The fourth-order valence-corrected chi connectivity index (χ4v) is 1.19. The summed E-state index contributed by atoms with van der Waals surface area (Å²) in [7, 11) is 1.72. The lowest BCUT2D eigenvalue weighted by molar-refractivity contribution is 0.297. The number of allylic oxidation sites excluding steroid dienone is 3. The van der Waals surface area contributed by atoms with Gasteiger partial charge < -0.3 is 4.74 Å². The van der Waals surface area contributed by atoms with Gasteiger partial charge in [-0.2, -0.15) is 0 Å². The molecular formula is C10H18O. The predicted molar refractivity (Wildman–Crippen MR) is 49.4 cm³/mol. The van der Waals surface area contributed by atoms with E-state index >= 15 is 0 Å². The Hall–Kier alpha value is -0.720. The van der Waals surface area contributed by atoms with Crippen molar-refractivity contribution in [3.8, 4) is 0 Å². The van der Waals surface area contributed by atoms with Crippen LogP contribution < -0.4 is 0 Å². The highest BCUT2D eigenvalue weighted by molar-refractivity contribution is 5.28. The minimum Gasteiger partial charge on any atom is -0.497 e. The quantitative estimate of drug-likeness (QED) is 0.447. The van der Waals surface area contributed by atoms with Crippen molar-refractivity contribution in [2.45, 2.75) is 34.1 Å². The molecule has 0 heterocycles. The molecule has 64 valence electrons.